The maximum Gasteiger partial charge on any atom is 0.267 e. The third-order valence-electron chi connectivity index (χ3n) is 2.21. The van der Waals surface area contributed by atoms with Gasteiger partial charge < -0.3 is 14.8 Å². The zero-order valence-corrected chi connectivity index (χ0v) is 9.77. The molecule has 0 spiro atoms. The number of carbonyl (C=O) groups is 1. The first-order valence-electron chi connectivity index (χ1n) is 5.42. The Morgan fingerprint density at radius 3 is 3.00 bits per heavy atom. The van der Waals surface area contributed by atoms with Crippen LogP contribution in [0.2, 0.25) is 0 Å². The van der Waals surface area contributed by atoms with Crippen molar-refractivity contribution >= 4 is 5.91 Å². The molecule has 2 heterocycles. The van der Waals surface area contributed by atoms with E-state index in [0.29, 0.717) is 24.7 Å². The molecule has 0 aliphatic carbocycles. The topological polar surface area (TPSA) is 101 Å². The number of pyridine rings is 1. The van der Waals surface area contributed by atoms with Gasteiger partial charge in [-0.1, -0.05) is 11.2 Å². The lowest BCUT2D eigenvalue weighted by atomic mass is 10.3. The minimum absolute atomic E-state index is 0.226. The molecule has 18 heavy (non-hydrogen) atoms. The second kappa shape index (κ2) is 5.26. The highest BCUT2D eigenvalue weighted by Crippen LogP contribution is 1.96. The summed E-state index contributed by atoms with van der Waals surface area (Å²) in [5, 5.41) is 6.28. The normalized spacial score (nSPS) is 10.3. The molecule has 94 valence electrons. The molecule has 2 aromatic heterocycles. The predicted molar refractivity (Wildman–Crippen MR) is 62.1 cm³/mol. The number of hydrogen-bond acceptors (Lipinski definition) is 5. The number of nitrogens with one attached hydrogen (secondary N) is 2. The van der Waals surface area contributed by atoms with Crippen molar-refractivity contribution in [3.63, 3.8) is 0 Å². The van der Waals surface area contributed by atoms with Crippen molar-refractivity contribution in [2.45, 2.75) is 13.3 Å². The van der Waals surface area contributed by atoms with Gasteiger partial charge in [-0.25, -0.2) is 0 Å². The van der Waals surface area contributed by atoms with Gasteiger partial charge in [-0.2, -0.15) is 4.98 Å². The van der Waals surface area contributed by atoms with Gasteiger partial charge >= 0.3 is 0 Å². The number of carbonyl (C=O) groups excluding carboxylic acids is 1. The smallest absolute Gasteiger partial charge is 0.267 e. The van der Waals surface area contributed by atoms with Gasteiger partial charge in [0.15, 0.2) is 5.82 Å². The molecule has 0 radical (unpaired) electrons. The molecule has 0 aliphatic heterocycles. The van der Waals surface area contributed by atoms with E-state index in [1.54, 1.807) is 6.92 Å². The largest absolute Gasteiger partial charge is 0.350 e. The van der Waals surface area contributed by atoms with Gasteiger partial charge in [-0.3, -0.25) is 9.59 Å². The minimum atomic E-state index is -0.344. The lowest BCUT2D eigenvalue weighted by Crippen LogP contribution is -2.28. The SMILES string of the molecule is Cc1noc(CCNC(=O)c2cccc(=O)[nH]2)n1. The predicted octanol–water partition coefficient (Wildman–Crippen LogP) is 0.0388. The molecule has 7 heteroatoms. The summed E-state index contributed by atoms with van der Waals surface area (Å²) in [6.07, 6.45) is 0.448. The summed E-state index contributed by atoms with van der Waals surface area (Å²) in [5.41, 5.74) is -0.0839. The lowest BCUT2D eigenvalue weighted by molar-refractivity contribution is 0.0948. The Morgan fingerprint density at radius 1 is 1.50 bits per heavy atom. The van der Waals surface area contributed by atoms with Crippen LogP contribution in [-0.4, -0.2) is 27.6 Å². The van der Waals surface area contributed by atoms with Crippen LogP contribution in [0.5, 0.6) is 0 Å². The molecule has 0 atom stereocenters. The van der Waals surface area contributed by atoms with Crippen LogP contribution in [0.3, 0.4) is 0 Å². The van der Waals surface area contributed by atoms with Crippen LogP contribution < -0.4 is 10.9 Å². The molecule has 0 bridgehead atoms. The number of aryl methyl sites for hydroxylation is 1. The number of aromatic amines is 1. The van der Waals surface area contributed by atoms with Crippen molar-refractivity contribution < 1.29 is 9.32 Å². The number of rotatable bonds is 4. The summed E-state index contributed by atoms with van der Waals surface area (Å²) in [5.74, 6) is 0.682. The molecule has 0 aliphatic rings. The van der Waals surface area contributed by atoms with Gasteiger partial charge in [0.2, 0.25) is 11.4 Å². The Bertz CT molecular complexity index is 602. The van der Waals surface area contributed by atoms with E-state index in [4.69, 9.17) is 4.52 Å². The molecule has 0 fully saturated rings. The molecular formula is C11H12N4O3. The van der Waals surface area contributed by atoms with E-state index < -0.39 is 0 Å². The Morgan fingerprint density at radius 2 is 2.33 bits per heavy atom. The van der Waals surface area contributed by atoms with Crippen molar-refractivity contribution in [1.29, 1.82) is 0 Å². The second-order valence-electron chi connectivity index (χ2n) is 3.67. The van der Waals surface area contributed by atoms with E-state index in [1.807, 2.05) is 0 Å². The minimum Gasteiger partial charge on any atom is -0.350 e. The van der Waals surface area contributed by atoms with Crippen LogP contribution in [-0.2, 0) is 6.42 Å². The first-order chi connectivity index (χ1) is 8.65. The molecule has 1 amide bonds. The number of H-pyrrole nitrogens is 1. The highest BCUT2D eigenvalue weighted by Gasteiger charge is 2.07. The van der Waals surface area contributed by atoms with Crippen molar-refractivity contribution in [2.24, 2.45) is 0 Å². The Labute approximate surface area is 102 Å². The van der Waals surface area contributed by atoms with Crippen LogP contribution in [0, 0.1) is 6.92 Å². The fourth-order valence-electron chi connectivity index (χ4n) is 1.40. The average Bonchev–Trinajstić information content (AvgIpc) is 2.75. The van der Waals surface area contributed by atoms with Crippen LogP contribution in [0.4, 0.5) is 0 Å². The van der Waals surface area contributed by atoms with E-state index in [2.05, 4.69) is 20.4 Å². The first kappa shape index (κ1) is 12.0. The van der Waals surface area contributed by atoms with Crippen molar-refractivity contribution in [3.8, 4) is 0 Å². The number of hydrogen-bond donors (Lipinski definition) is 2. The zero-order chi connectivity index (χ0) is 13.0. The third kappa shape index (κ3) is 3.03. The lowest BCUT2D eigenvalue weighted by Gasteiger charge is -2.02. The van der Waals surface area contributed by atoms with Gasteiger partial charge in [0.1, 0.15) is 5.69 Å². The van der Waals surface area contributed by atoms with Crippen LogP contribution >= 0.6 is 0 Å². The monoisotopic (exact) mass is 248 g/mol. The number of nitrogens with zero attached hydrogens (tertiary/aromatic N) is 2. The van der Waals surface area contributed by atoms with E-state index in [-0.39, 0.29) is 17.2 Å². The number of aromatic nitrogens is 3. The summed E-state index contributed by atoms with van der Waals surface area (Å²) in [6, 6.07) is 4.40. The van der Waals surface area contributed by atoms with E-state index in [1.165, 1.54) is 18.2 Å². The quantitative estimate of drug-likeness (QED) is 0.795. The zero-order valence-electron chi connectivity index (χ0n) is 9.77. The van der Waals surface area contributed by atoms with Crippen molar-refractivity contribution in [2.75, 3.05) is 6.54 Å². The Balaban J connectivity index is 1.87. The van der Waals surface area contributed by atoms with Crippen molar-refractivity contribution in [1.82, 2.24) is 20.4 Å². The van der Waals surface area contributed by atoms with Gasteiger partial charge in [0.25, 0.3) is 5.91 Å². The Kier molecular flexibility index (Phi) is 3.52. The summed E-state index contributed by atoms with van der Waals surface area (Å²) in [4.78, 5) is 29.1. The Hall–Kier alpha value is -2.44. The molecule has 2 N–H and O–H groups in total. The van der Waals surface area contributed by atoms with Crippen molar-refractivity contribution in [3.05, 3.63) is 46.0 Å². The third-order valence-corrected chi connectivity index (χ3v) is 2.21. The first-order valence-corrected chi connectivity index (χ1v) is 5.42. The fourth-order valence-corrected chi connectivity index (χ4v) is 1.40. The molecule has 0 aromatic carbocycles. The van der Waals surface area contributed by atoms with Gasteiger partial charge in [-0.05, 0) is 13.0 Å². The van der Waals surface area contributed by atoms with Crippen LogP contribution in [0.15, 0.2) is 27.5 Å². The summed E-state index contributed by atoms with van der Waals surface area (Å²) >= 11 is 0. The fraction of sp³-hybridized carbons (Fsp3) is 0.273. The highest BCUT2D eigenvalue weighted by molar-refractivity contribution is 5.92. The number of amides is 1. The summed E-state index contributed by atoms with van der Waals surface area (Å²) < 4.78 is 4.90. The molecule has 0 unspecified atom stereocenters. The summed E-state index contributed by atoms with van der Waals surface area (Å²) in [7, 11) is 0. The van der Waals surface area contributed by atoms with Crippen LogP contribution in [0.25, 0.3) is 0 Å². The van der Waals surface area contributed by atoms with Crippen LogP contribution in [0.1, 0.15) is 22.2 Å². The molecule has 0 saturated carbocycles. The summed E-state index contributed by atoms with van der Waals surface area (Å²) in [6.45, 7) is 2.08. The molecular weight excluding hydrogens is 236 g/mol. The maximum absolute atomic E-state index is 11.6. The standard InChI is InChI=1S/C11H12N4O3/c1-7-13-10(18-15-7)5-6-12-11(17)8-3-2-4-9(16)14-8/h2-4H,5-6H2,1H3,(H,12,17)(H,14,16). The second-order valence-corrected chi connectivity index (χ2v) is 3.67. The molecule has 2 aromatic rings. The van der Waals surface area contributed by atoms with Gasteiger partial charge in [0, 0.05) is 19.0 Å². The average molecular weight is 248 g/mol. The van der Waals surface area contributed by atoms with E-state index in [9.17, 15) is 9.59 Å². The van der Waals surface area contributed by atoms with Gasteiger partial charge in [0.05, 0.1) is 0 Å². The van der Waals surface area contributed by atoms with Gasteiger partial charge in [-0.15, -0.1) is 0 Å². The molecule has 7 nitrogen and oxygen atoms in total. The highest BCUT2D eigenvalue weighted by atomic mass is 16.5. The maximum atomic E-state index is 11.6. The molecule has 0 saturated heterocycles. The van der Waals surface area contributed by atoms with E-state index >= 15 is 0 Å². The molecule has 2 rings (SSSR count). The van der Waals surface area contributed by atoms with E-state index in [0.717, 1.165) is 0 Å².